The third-order valence-corrected chi connectivity index (χ3v) is 8.36. The summed E-state index contributed by atoms with van der Waals surface area (Å²) in [7, 11) is 0. The molecular formula is C25H36O5. The van der Waals surface area contributed by atoms with Crippen molar-refractivity contribution in [2.45, 2.75) is 79.4 Å². The van der Waals surface area contributed by atoms with E-state index in [0.717, 1.165) is 30.4 Å². The van der Waals surface area contributed by atoms with E-state index in [1.807, 2.05) is 13.0 Å². The maximum Gasteiger partial charge on any atom is 0.333 e. The van der Waals surface area contributed by atoms with Crippen LogP contribution in [0.4, 0.5) is 0 Å². The van der Waals surface area contributed by atoms with Gasteiger partial charge in [0.15, 0.2) is 0 Å². The fourth-order valence-corrected chi connectivity index (χ4v) is 5.83. The summed E-state index contributed by atoms with van der Waals surface area (Å²) in [5.41, 5.74) is 2.36. The number of allylic oxidation sites excluding steroid dienone is 1. The molecule has 0 aromatic rings. The third-order valence-electron chi connectivity index (χ3n) is 8.36. The van der Waals surface area contributed by atoms with Crippen LogP contribution in [-0.2, 0) is 19.1 Å². The van der Waals surface area contributed by atoms with Gasteiger partial charge in [0, 0.05) is 17.1 Å². The molecule has 0 bridgehead atoms. The van der Waals surface area contributed by atoms with Gasteiger partial charge in [-0.15, -0.1) is 0 Å². The smallest absolute Gasteiger partial charge is 0.333 e. The lowest BCUT2D eigenvalue weighted by molar-refractivity contribution is -0.175. The van der Waals surface area contributed by atoms with Gasteiger partial charge in [0.25, 0.3) is 0 Å². The molecule has 6 atom stereocenters. The van der Waals surface area contributed by atoms with Crippen LogP contribution in [0.25, 0.3) is 0 Å². The molecule has 0 aromatic heterocycles. The first-order valence-corrected chi connectivity index (χ1v) is 11.1. The van der Waals surface area contributed by atoms with Crippen molar-refractivity contribution in [2.24, 2.45) is 22.7 Å². The minimum absolute atomic E-state index is 0.0593. The van der Waals surface area contributed by atoms with Crippen molar-refractivity contribution < 1.29 is 24.2 Å². The molecule has 3 rings (SSSR count). The highest BCUT2D eigenvalue weighted by molar-refractivity contribution is 5.87. The molecule has 0 amide bonds. The number of aliphatic hydroxyl groups excluding tert-OH is 1. The number of hydrogen-bond donors (Lipinski definition) is 1. The van der Waals surface area contributed by atoms with Gasteiger partial charge in [-0.05, 0) is 69.3 Å². The predicted octanol–water partition coefficient (Wildman–Crippen LogP) is 4.51. The molecule has 166 valence electrons. The van der Waals surface area contributed by atoms with Gasteiger partial charge in [-0.3, -0.25) is 0 Å². The van der Waals surface area contributed by atoms with Gasteiger partial charge in [-0.2, -0.15) is 0 Å². The van der Waals surface area contributed by atoms with Crippen LogP contribution < -0.4 is 0 Å². The Balaban J connectivity index is 1.93. The Morgan fingerprint density at radius 2 is 2.07 bits per heavy atom. The Morgan fingerprint density at radius 3 is 2.67 bits per heavy atom. The van der Waals surface area contributed by atoms with Gasteiger partial charge in [-0.1, -0.05) is 38.5 Å². The monoisotopic (exact) mass is 416 g/mol. The molecule has 0 saturated heterocycles. The van der Waals surface area contributed by atoms with Crippen LogP contribution in [0.15, 0.2) is 34.9 Å². The molecule has 0 spiro atoms. The summed E-state index contributed by atoms with van der Waals surface area (Å²) in [5.74, 6) is -0.0501. The summed E-state index contributed by atoms with van der Waals surface area (Å²) in [6, 6.07) is 0. The Kier molecular flexibility index (Phi) is 6.33. The molecule has 5 nitrogen and oxygen atoms in total. The molecule has 0 aromatic carbocycles. The standard InChI is InChI=1S/C25H36O5/c1-7-15(2)23(28)30-21-11-16(3)24(5,9-8-18-12-22(27)29-14-18)20-13-19(26)10-17(4)25(20,21)6/h7,10,12,16,19-21,26H,8-9,11,13-14H2,1-6H3/b15-7+/t16-,19+,20+,21-,24-,25+/m1/s1. The maximum atomic E-state index is 12.6. The van der Waals surface area contributed by atoms with Crippen molar-refractivity contribution in [1.82, 2.24) is 0 Å². The van der Waals surface area contributed by atoms with Crippen molar-refractivity contribution in [3.63, 3.8) is 0 Å². The number of rotatable bonds is 5. The Bertz CT molecular complexity index is 806. The van der Waals surface area contributed by atoms with Crippen LogP contribution >= 0.6 is 0 Å². The first-order valence-electron chi connectivity index (χ1n) is 11.1. The number of cyclic esters (lactones) is 1. The van der Waals surface area contributed by atoms with E-state index in [1.165, 1.54) is 0 Å². The van der Waals surface area contributed by atoms with Crippen LogP contribution in [0.3, 0.4) is 0 Å². The van der Waals surface area contributed by atoms with Crippen molar-refractivity contribution in [1.29, 1.82) is 0 Å². The molecule has 5 heteroatoms. The number of carbonyl (C=O) groups excluding carboxylic acids is 2. The van der Waals surface area contributed by atoms with Crippen LogP contribution in [0.2, 0.25) is 0 Å². The highest BCUT2D eigenvalue weighted by atomic mass is 16.5. The fourth-order valence-electron chi connectivity index (χ4n) is 5.83. The van der Waals surface area contributed by atoms with E-state index in [-0.39, 0.29) is 34.8 Å². The lowest BCUT2D eigenvalue weighted by Gasteiger charge is -2.61. The van der Waals surface area contributed by atoms with E-state index < -0.39 is 6.10 Å². The first kappa shape index (κ1) is 22.8. The molecule has 1 N–H and O–H groups in total. The highest BCUT2D eigenvalue weighted by Gasteiger charge is 2.59. The zero-order valence-electron chi connectivity index (χ0n) is 19.2. The molecule has 2 aliphatic carbocycles. The van der Waals surface area contributed by atoms with Crippen LogP contribution in [0, 0.1) is 22.7 Å². The zero-order chi connectivity index (χ0) is 22.3. The molecule has 1 fully saturated rings. The summed E-state index contributed by atoms with van der Waals surface area (Å²) >= 11 is 0. The molecule has 1 saturated carbocycles. The minimum atomic E-state index is -0.489. The summed E-state index contributed by atoms with van der Waals surface area (Å²) in [6.07, 6.45) is 7.76. The van der Waals surface area contributed by atoms with E-state index in [1.54, 1.807) is 19.1 Å². The SMILES string of the molecule is C/C=C(\C)C(=O)O[C@@H]1C[C@@H](C)[C@@](C)(CCC2=CC(=O)OC2)[C@@H]2C[C@@H](O)C=C(C)[C@]12C. The zero-order valence-corrected chi connectivity index (χ0v) is 19.2. The number of hydrogen-bond acceptors (Lipinski definition) is 5. The van der Waals surface area contributed by atoms with Crippen LogP contribution in [0.1, 0.15) is 67.2 Å². The van der Waals surface area contributed by atoms with E-state index in [4.69, 9.17) is 9.47 Å². The molecule has 30 heavy (non-hydrogen) atoms. The largest absolute Gasteiger partial charge is 0.458 e. The second kappa shape index (κ2) is 8.33. The molecule has 3 aliphatic rings. The normalized spacial score (nSPS) is 39.0. The van der Waals surface area contributed by atoms with Crippen LogP contribution in [-0.4, -0.2) is 35.9 Å². The fraction of sp³-hybridized carbons (Fsp3) is 0.680. The molecular weight excluding hydrogens is 380 g/mol. The van der Waals surface area contributed by atoms with E-state index in [9.17, 15) is 14.7 Å². The van der Waals surface area contributed by atoms with Crippen molar-refractivity contribution in [3.05, 3.63) is 34.9 Å². The van der Waals surface area contributed by atoms with Crippen LogP contribution in [0.5, 0.6) is 0 Å². The molecule has 0 radical (unpaired) electrons. The molecule has 1 heterocycles. The van der Waals surface area contributed by atoms with Gasteiger partial charge in [0.05, 0.1) is 6.10 Å². The van der Waals surface area contributed by atoms with Gasteiger partial charge >= 0.3 is 11.9 Å². The summed E-state index contributed by atoms with van der Waals surface area (Å²) in [4.78, 5) is 24.1. The summed E-state index contributed by atoms with van der Waals surface area (Å²) in [6.45, 7) is 12.8. The first-order chi connectivity index (χ1) is 14.0. The molecule has 0 unspecified atom stereocenters. The summed E-state index contributed by atoms with van der Waals surface area (Å²) < 4.78 is 11.1. The number of esters is 2. The lowest BCUT2D eigenvalue weighted by Crippen LogP contribution is -2.58. The summed E-state index contributed by atoms with van der Waals surface area (Å²) in [5, 5.41) is 10.6. The topological polar surface area (TPSA) is 72.8 Å². The lowest BCUT2D eigenvalue weighted by atomic mass is 9.45. The average Bonchev–Trinajstić information content (AvgIpc) is 3.11. The number of aliphatic hydroxyl groups is 1. The number of carbonyl (C=O) groups is 2. The Hall–Kier alpha value is -1.88. The Morgan fingerprint density at radius 1 is 1.37 bits per heavy atom. The van der Waals surface area contributed by atoms with E-state index in [2.05, 4.69) is 27.7 Å². The number of ether oxygens (including phenoxy) is 2. The van der Waals surface area contributed by atoms with E-state index >= 15 is 0 Å². The van der Waals surface area contributed by atoms with Gasteiger partial charge in [-0.25, -0.2) is 9.59 Å². The third kappa shape index (κ3) is 3.89. The second-order valence-electron chi connectivity index (χ2n) is 9.91. The average molecular weight is 417 g/mol. The van der Waals surface area contributed by atoms with E-state index in [0.29, 0.717) is 24.5 Å². The van der Waals surface area contributed by atoms with Gasteiger partial charge in [0.1, 0.15) is 12.7 Å². The quantitative estimate of drug-likeness (QED) is 0.406. The van der Waals surface area contributed by atoms with Crippen molar-refractivity contribution in [3.8, 4) is 0 Å². The van der Waals surface area contributed by atoms with Gasteiger partial charge < -0.3 is 14.6 Å². The second-order valence-corrected chi connectivity index (χ2v) is 9.91. The number of fused-ring (bicyclic) bond motifs is 1. The predicted molar refractivity (Wildman–Crippen MR) is 115 cm³/mol. The maximum absolute atomic E-state index is 12.6. The van der Waals surface area contributed by atoms with Gasteiger partial charge in [0.2, 0.25) is 0 Å². The molecule has 1 aliphatic heterocycles. The van der Waals surface area contributed by atoms with Crippen molar-refractivity contribution >= 4 is 11.9 Å². The van der Waals surface area contributed by atoms with Crippen molar-refractivity contribution in [2.75, 3.05) is 6.61 Å². The minimum Gasteiger partial charge on any atom is -0.458 e. The highest BCUT2D eigenvalue weighted by Crippen LogP contribution is 2.62. The Labute approximate surface area is 180 Å².